The van der Waals surface area contributed by atoms with Gasteiger partial charge in [0.25, 0.3) is 0 Å². The van der Waals surface area contributed by atoms with E-state index in [9.17, 15) is 8.42 Å². The lowest BCUT2D eigenvalue weighted by molar-refractivity contribution is 0.410. The normalized spacial score (nSPS) is 14.0. The molecule has 1 heterocycles. The Morgan fingerprint density at radius 3 is 2.66 bits per heavy atom. The SMILES string of the molecule is C=CCN(Cc1cnc(S(=O)(=O)Cc2ccccc2)n1C(C)C)C(=S)NC1CC1. The summed E-state index contributed by atoms with van der Waals surface area (Å²) in [6.45, 7) is 8.79. The predicted molar refractivity (Wildman–Crippen MR) is 119 cm³/mol. The lowest BCUT2D eigenvalue weighted by atomic mass is 10.2. The number of thiocarbonyl (C=S) groups is 1. The summed E-state index contributed by atoms with van der Waals surface area (Å²) < 4.78 is 28.0. The molecule has 1 aromatic heterocycles. The van der Waals surface area contributed by atoms with E-state index in [1.807, 2.05) is 49.1 Å². The van der Waals surface area contributed by atoms with E-state index in [1.54, 1.807) is 16.8 Å². The molecule has 0 atom stereocenters. The lowest BCUT2D eigenvalue weighted by Gasteiger charge is -2.26. The Morgan fingerprint density at radius 2 is 2.07 bits per heavy atom. The van der Waals surface area contributed by atoms with Gasteiger partial charge in [0.15, 0.2) is 5.11 Å². The number of hydrogen-bond acceptors (Lipinski definition) is 4. The van der Waals surface area contributed by atoms with E-state index in [0.717, 1.165) is 24.1 Å². The molecule has 6 nitrogen and oxygen atoms in total. The quantitative estimate of drug-likeness (QED) is 0.483. The Hall–Kier alpha value is -2.19. The van der Waals surface area contributed by atoms with Crippen LogP contribution in [0.5, 0.6) is 0 Å². The van der Waals surface area contributed by atoms with Gasteiger partial charge in [-0.3, -0.25) is 0 Å². The van der Waals surface area contributed by atoms with Crippen LogP contribution in [0.3, 0.4) is 0 Å². The smallest absolute Gasteiger partial charge is 0.228 e. The zero-order valence-electron chi connectivity index (χ0n) is 16.9. The average Bonchev–Trinajstić information content (AvgIpc) is 3.37. The predicted octanol–water partition coefficient (Wildman–Crippen LogP) is 3.46. The maximum Gasteiger partial charge on any atom is 0.228 e. The first-order valence-electron chi connectivity index (χ1n) is 9.81. The monoisotopic (exact) mass is 432 g/mol. The molecule has 1 N–H and O–H groups in total. The van der Waals surface area contributed by atoms with E-state index in [0.29, 0.717) is 24.2 Å². The van der Waals surface area contributed by atoms with Crippen molar-refractivity contribution in [1.29, 1.82) is 0 Å². The van der Waals surface area contributed by atoms with E-state index in [-0.39, 0.29) is 17.0 Å². The molecule has 0 spiro atoms. The molecule has 1 aliphatic carbocycles. The average molecular weight is 433 g/mol. The summed E-state index contributed by atoms with van der Waals surface area (Å²) in [4.78, 5) is 6.30. The highest BCUT2D eigenvalue weighted by molar-refractivity contribution is 7.90. The van der Waals surface area contributed by atoms with Crippen molar-refractivity contribution in [3.8, 4) is 0 Å². The van der Waals surface area contributed by atoms with Gasteiger partial charge in [0.2, 0.25) is 15.0 Å². The van der Waals surface area contributed by atoms with Gasteiger partial charge in [-0.05, 0) is 44.5 Å². The molecule has 0 saturated heterocycles. The molecule has 0 aliphatic heterocycles. The third-order valence-corrected chi connectivity index (χ3v) is 6.68. The Bertz CT molecular complexity index is 964. The fraction of sp³-hybridized carbons (Fsp3) is 0.429. The Morgan fingerprint density at radius 1 is 1.38 bits per heavy atom. The third-order valence-electron chi connectivity index (χ3n) is 4.73. The highest BCUT2D eigenvalue weighted by Crippen LogP contribution is 2.23. The number of benzene rings is 1. The molecule has 1 aromatic carbocycles. The van der Waals surface area contributed by atoms with Gasteiger partial charge in [0.1, 0.15) is 0 Å². The van der Waals surface area contributed by atoms with Crippen molar-refractivity contribution in [3.63, 3.8) is 0 Å². The van der Waals surface area contributed by atoms with Gasteiger partial charge >= 0.3 is 0 Å². The molecule has 156 valence electrons. The molecule has 0 amide bonds. The minimum Gasteiger partial charge on any atom is -0.360 e. The van der Waals surface area contributed by atoms with Crippen molar-refractivity contribution in [2.24, 2.45) is 0 Å². The van der Waals surface area contributed by atoms with E-state index < -0.39 is 9.84 Å². The largest absolute Gasteiger partial charge is 0.360 e. The minimum atomic E-state index is -3.58. The lowest BCUT2D eigenvalue weighted by Crippen LogP contribution is -2.40. The Balaban J connectivity index is 1.87. The summed E-state index contributed by atoms with van der Waals surface area (Å²) in [5.74, 6) is -0.0744. The van der Waals surface area contributed by atoms with Crippen molar-refractivity contribution < 1.29 is 8.42 Å². The van der Waals surface area contributed by atoms with Crippen LogP contribution in [-0.2, 0) is 22.1 Å². The molecule has 1 fully saturated rings. The molecule has 8 heteroatoms. The van der Waals surface area contributed by atoms with E-state index in [4.69, 9.17) is 12.2 Å². The second-order valence-corrected chi connectivity index (χ2v) is 9.90. The summed E-state index contributed by atoms with van der Waals surface area (Å²) in [5, 5.41) is 4.11. The summed E-state index contributed by atoms with van der Waals surface area (Å²) >= 11 is 5.55. The second-order valence-electron chi connectivity index (χ2n) is 7.63. The molecule has 0 radical (unpaired) electrons. The van der Waals surface area contributed by atoms with Crippen LogP contribution < -0.4 is 5.32 Å². The summed E-state index contributed by atoms with van der Waals surface area (Å²) in [6, 6.07) is 9.58. The van der Waals surface area contributed by atoms with Crippen LogP contribution in [0, 0.1) is 0 Å². The molecule has 29 heavy (non-hydrogen) atoms. The number of nitrogens with one attached hydrogen (secondary N) is 1. The van der Waals surface area contributed by atoms with Crippen molar-refractivity contribution in [2.75, 3.05) is 6.54 Å². The zero-order valence-corrected chi connectivity index (χ0v) is 18.5. The fourth-order valence-electron chi connectivity index (χ4n) is 3.20. The molecule has 1 aliphatic rings. The summed E-state index contributed by atoms with van der Waals surface area (Å²) in [7, 11) is -3.58. The minimum absolute atomic E-state index is 0.0522. The highest BCUT2D eigenvalue weighted by atomic mass is 32.2. The van der Waals surface area contributed by atoms with Gasteiger partial charge in [0, 0.05) is 18.6 Å². The molecule has 1 saturated carbocycles. The maximum atomic E-state index is 13.1. The number of nitrogens with zero attached hydrogens (tertiary/aromatic N) is 3. The molecule has 0 unspecified atom stereocenters. The van der Waals surface area contributed by atoms with E-state index in [2.05, 4.69) is 16.9 Å². The molecule has 2 aromatic rings. The molecular formula is C21H28N4O2S2. The van der Waals surface area contributed by atoms with Crippen molar-refractivity contribution >= 4 is 27.2 Å². The third kappa shape index (κ3) is 5.45. The topological polar surface area (TPSA) is 67.2 Å². The van der Waals surface area contributed by atoms with Crippen LogP contribution >= 0.6 is 12.2 Å². The number of rotatable bonds is 9. The first-order valence-corrected chi connectivity index (χ1v) is 11.9. The summed E-state index contributed by atoms with van der Waals surface area (Å²) in [6.07, 6.45) is 5.71. The first-order chi connectivity index (χ1) is 13.8. The standard InChI is InChI=1S/C21H28N4O2S2/c1-4-12-24(20(28)23-18-10-11-18)14-19-13-22-21(25(19)16(2)3)29(26,27)15-17-8-6-5-7-9-17/h4-9,13,16,18H,1,10-12,14-15H2,2-3H3,(H,23,28). The molecule has 0 bridgehead atoms. The molecular weight excluding hydrogens is 404 g/mol. The van der Waals surface area contributed by atoms with Crippen molar-refractivity contribution in [3.05, 3.63) is 60.4 Å². The van der Waals surface area contributed by atoms with Crippen molar-refractivity contribution in [1.82, 2.24) is 19.8 Å². The Kier molecular flexibility index (Phi) is 6.74. The zero-order chi connectivity index (χ0) is 21.0. The second kappa shape index (κ2) is 9.09. The van der Waals surface area contributed by atoms with Gasteiger partial charge in [0.05, 0.1) is 24.2 Å². The van der Waals surface area contributed by atoms with Gasteiger partial charge < -0.3 is 14.8 Å². The van der Waals surface area contributed by atoms with Crippen molar-refractivity contribution in [2.45, 2.75) is 56.2 Å². The number of aromatic nitrogens is 2. The number of imidazole rings is 1. The molecule has 3 rings (SSSR count). The summed E-state index contributed by atoms with van der Waals surface area (Å²) in [5.41, 5.74) is 1.56. The van der Waals surface area contributed by atoms with E-state index in [1.165, 1.54) is 0 Å². The van der Waals surface area contributed by atoms with Gasteiger partial charge in [-0.25, -0.2) is 13.4 Å². The fourth-order valence-corrected chi connectivity index (χ4v) is 5.11. The first kappa shape index (κ1) is 21.5. The number of sulfone groups is 1. The van der Waals surface area contributed by atoms with Crippen LogP contribution in [0.15, 0.2) is 54.3 Å². The van der Waals surface area contributed by atoms with Gasteiger partial charge in [-0.2, -0.15) is 0 Å². The Labute approximate surface area is 178 Å². The maximum absolute atomic E-state index is 13.1. The number of hydrogen-bond donors (Lipinski definition) is 1. The van der Waals surface area contributed by atoms with E-state index >= 15 is 0 Å². The van der Waals surface area contributed by atoms with Crippen LogP contribution in [0.25, 0.3) is 0 Å². The highest BCUT2D eigenvalue weighted by Gasteiger charge is 2.27. The van der Waals surface area contributed by atoms with Gasteiger partial charge in [-0.1, -0.05) is 36.4 Å². The van der Waals surface area contributed by atoms with Crippen LogP contribution in [0.1, 0.15) is 44.0 Å². The van der Waals surface area contributed by atoms with Crippen LogP contribution in [0.2, 0.25) is 0 Å². The van der Waals surface area contributed by atoms with Crippen LogP contribution in [-0.4, -0.2) is 40.6 Å². The van der Waals surface area contributed by atoms with Crippen LogP contribution in [0.4, 0.5) is 0 Å². The van der Waals surface area contributed by atoms with Gasteiger partial charge in [-0.15, -0.1) is 6.58 Å².